The first-order chi connectivity index (χ1) is 8.41. The van der Waals surface area contributed by atoms with Crippen LogP contribution in [-0.2, 0) is 0 Å². The van der Waals surface area contributed by atoms with E-state index in [1.807, 2.05) is 0 Å². The molecule has 2 aromatic rings. The Balaban J connectivity index is 3.16. The number of halogens is 1. The van der Waals surface area contributed by atoms with Gasteiger partial charge in [-0.05, 0) is 25.1 Å². The van der Waals surface area contributed by atoms with Gasteiger partial charge in [-0.2, -0.15) is 0 Å². The van der Waals surface area contributed by atoms with Gasteiger partial charge >= 0.3 is 0 Å². The summed E-state index contributed by atoms with van der Waals surface area (Å²) in [6.45, 7) is 1.11. The van der Waals surface area contributed by atoms with Crippen LogP contribution in [0, 0.1) is 0 Å². The average molecular weight is 266 g/mol. The van der Waals surface area contributed by atoms with Crippen LogP contribution in [-0.4, -0.2) is 15.9 Å². The van der Waals surface area contributed by atoms with E-state index >= 15 is 0 Å². The summed E-state index contributed by atoms with van der Waals surface area (Å²) in [6, 6.07) is 4.23. The first-order valence-electron chi connectivity index (χ1n) is 5.01. The Morgan fingerprint density at radius 3 is 2.61 bits per heavy atom. The second kappa shape index (κ2) is 4.27. The number of Topliss-reactive ketones (excluding diaryl/α,β-unsaturated/α-hetero) is 1. The second-order valence-corrected chi connectivity index (χ2v) is 4.19. The van der Waals surface area contributed by atoms with E-state index in [1.165, 1.54) is 18.2 Å². The average Bonchev–Trinajstić information content (AvgIpc) is 2.35. The van der Waals surface area contributed by atoms with Gasteiger partial charge in [0.25, 0.3) is 5.56 Å². The Morgan fingerprint density at radius 2 is 2.00 bits per heavy atom. The van der Waals surface area contributed by atoms with Gasteiger partial charge in [0.1, 0.15) is 5.56 Å². The molecule has 0 fully saturated rings. The van der Waals surface area contributed by atoms with Gasteiger partial charge in [-0.3, -0.25) is 14.4 Å². The summed E-state index contributed by atoms with van der Waals surface area (Å²) in [5.74, 6) is -1.55. The fraction of sp³-hybridized carbons (Fsp3) is 0.0833. The number of hydrogen-bond acceptors (Lipinski definition) is 4. The summed E-state index contributed by atoms with van der Waals surface area (Å²) in [4.78, 5) is 37.3. The number of aromatic nitrogens is 1. The largest absolute Gasteiger partial charge is 0.502 e. The Kier molecular flexibility index (Phi) is 2.92. The Bertz CT molecular complexity index is 779. The van der Waals surface area contributed by atoms with E-state index in [0.29, 0.717) is 5.02 Å². The number of H-pyrrole nitrogens is 1. The molecular weight excluding hydrogens is 258 g/mol. The van der Waals surface area contributed by atoms with Gasteiger partial charge in [0.2, 0.25) is 5.43 Å². The molecular formula is C12H8ClNO4. The van der Waals surface area contributed by atoms with Crippen LogP contribution in [0.5, 0.6) is 5.75 Å². The zero-order chi connectivity index (χ0) is 13.4. The number of hydrogen-bond donors (Lipinski definition) is 2. The monoisotopic (exact) mass is 265 g/mol. The van der Waals surface area contributed by atoms with E-state index in [9.17, 15) is 19.5 Å². The van der Waals surface area contributed by atoms with Gasteiger partial charge in [0.15, 0.2) is 11.5 Å². The minimum absolute atomic E-state index is 0.113. The summed E-state index contributed by atoms with van der Waals surface area (Å²) in [7, 11) is 0. The van der Waals surface area contributed by atoms with E-state index in [-0.39, 0.29) is 10.9 Å². The number of benzene rings is 1. The van der Waals surface area contributed by atoms with Crippen molar-refractivity contribution in [2.75, 3.05) is 0 Å². The predicted octanol–water partition coefficient (Wildman–Crippen LogP) is 1.45. The lowest BCUT2D eigenvalue weighted by atomic mass is 10.1. The molecule has 2 rings (SSSR count). The maximum atomic E-state index is 12.1. The van der Waals surface area contributed by atoms with Crippen molar-refractivity contribution in [2.24, 2.45) is 0 Å². The summed E-state index contributed by atoms with van der Waals surface area (Å²) < 4.78 is 0. The second-order valence-electron chi connectivity index (χ2n) is 3.75. The topological polar surface area (TPSA) is 87.2 Å². The summed E-state index contributed by atoms with van der Waals surface area (Å²) in [5.41, 5.74) is -1.96. The molecule has 0 spiro atoms. The number of rotatable bonds is 1. The zero-order valence-electron chi connectivity index (χ0n) is 9.28. The van der Waals surface area contributed by atoms with E-state index < -0.39 is 28.1 Å². The third-order valence-electron chi connectivity index (χ3n) is 2.51. The minimum atomic E-state index is -0.908. The van der Waals surface area contributed by atoms with Crippen molar-refractivity contribution in [3.63, 3.8) is 0 Å². The van der Waals surface area contributed by atoms with Gasteiger partial charge in [0.05, 0.1) is 5.52 Å². The molecule has 0 aliphatic rings. The van der Waals surface area contributed by atoms with Crippen LogP contribution < -0.4 is 11.0 Å². The van der Waals surface area contributed by atoms with E-state index in [4.69, 9.17) is 11.6 Å². The van der Waals surface area contributed by atoms with Gasteiger partial charge < -0.3 is 10.1 Å². The number of carbonyl (C=O) groups excluding carboxylic acids is 1. The molecule has 0 amide bonds. The number of aromatic amines is 1. The quantitative estimate of drug-likeness (QED) is 0.764. The lowest BCUT2D eigenvalue weighted by molar-refractivity contribution is 0.101. The third-order valence-corrected chi connectivity index (χ3v) is 2.74. The maximum absolute atomic E-state index is 12.1. The van der Waals surface area contributed by atoms with Crippen molar-refractivity contribution in [1.82, 2.24) is 4.98 Å². The standard InChI is InChI=1S/C12H8ClNO4/c1-5(15)9-10(16)7-3-2-6(13)4-8(7)14-12(18)11(9)17/h2-4,17H,1H3,(H,14,18). The molecule has 6 heteroatoms. The van der Waals surface area contributed by atoms with Gasteiger partial charge in [-0.25, -0.2) is 0 Å². The number of ketones is 1. The molecule has 0 bridgehead atoms. The molecule has 0 aliphatic heterocycles. The fourth-order valence-electron chi connectivity index (χ4n) is 1.68. The SMILES string of the molecule is CC(=O)c1c(O)c(=O)[nH]c2cc(Cl)ccc2c1=O. The van der Waals surface area contributed by atoms with Crippen molar-refractivity contribution in [1.29, 1.82) is 0 Å². The van der Waals surface area contributed by atoms with E-state index in [0.717, 1.165) is 6.92 Å². The van der Waals surface area contributed by atoms with Crippen LogP contribution in [0.4, 0.5) is 0 Å². The molecule has 0 saturated carbocycles. The molecule has 1 aromatic carbocycles. The first-order valence-corrected chi connectivity index (χ1v) is 5.39. The molecule has 18 heavy (non-hydrogen) atoms. The van der Waals surface area contributed by atoms with Crippen molar-refractivity contribution < 1.29 is 9.90 Å². The van der Waals surface area contributed by atoms with Crippen LogP contribution in [0.3, 0.4) is 0 Å². The van der Waals surface area contributed by atoms with Gasteiger partial charge in [-0.1, -0.05) is 11.6 Å². The molecule has 0 aliphatic carbocycles. The Morgan fingerprint density at radius 1 is 1.33 bits per heavy atom. The number of fused-ring (bicyclic) bond motifs is 1. The molecule has 5 nitrogen and oxygen atoms in total. The summed E-state index contributed by atoms with van der Waals surface area (Å²) >= 11 is 5.76. The third kappa shape index (κ3) is 1.89. The van der Waals surface area contributed by atoms with Crippen molar-refractivity contribution in [3.8, 4) is 5.75 Å². The van der Waals surface area contributed by atoms with Crippen LogP contribution in [0.1, 0.15) is 17.3 Å². The highest BCUT2D eigenvalue weighted by molar-refractivity contribution is 6.31. The zero-order valence-corrected chi connectivity index (χ0v) is 10.0. The highest BCUT2D eigenvalue weighted by Gasteiger charge is 2.16. The first kappa shape index (κ1) is 12.3. The molecule has 0 unspecified atom stereocenters. The normalized spacial score (nSPS) is 10.6. The van der Waals surface area contributed by atoms with Gasteiger partial charge in [0, 0.05) is 10.4 Å². The van der Waals surface area contributed by atoms with Crippen molar-refractivity contribution in [2.45, 2.75) is 6.92 Å². The Hall–Kier alpha value is -2.14. The molecule has 0 atom stereocenters. The lowest BCUT2D eigenvalue weighted by Gasteiger charge is -1.93. The smallest absolute Gasteiger partial charge is 0.291 e. The van der Waals surface area contributed by atoms with Crippen LogP contribution in [0.25, 0.3) is 10.9 Å². The van der Waals surface area contributed by atoms with Crippen molar-refractivity contribution >= 4 is 28.3 Å². The minimum Gasteiger partial charge on any atom is -0.502 e. The van der Waals surface area contributed by atoms with Crippen molar-refractivity contribution in [3.05, 3.63) is 49.4 Å². The number of carbonyl (C=O) groups is 1. The molecule has 1 heterocycles. The van der Waals surface area contributed by atoms with Crippen LogP contribution in [0.2, 0.25) is 5.02 Å². The van der Waals surface area contributed by atoms with Crippen LogP contribution >= 0.6 is 11.6 Å². The fourth-order valence-corrected chi connectivity index (χ4v) is 1.85. The molecule has 1 aromatic heterocycles. The molecule has 92 valence electrons. The summed E-state index contributed by atoms with van der Waals surface area (Å²) in [5, 5.41) is 10.0. The summed E-state index contributed by atoms with van der Waals surface area (Å²) in [6.07, 6.45) is 0. The number of aromatic hydroxyl groups is 1. The van der Waals surface area contributed by atoms with Gasteiger partial charge in [-0.15, -0.1) is 0 Å². The van der Waals surface area contributed by atoms with Crippen LogP contribution in [0.15, 0.2) is 27.8 Å². The van der Waals surface area contributed by atoms with E-state index in [2.05, 4.69) is 4.98 Å². The maximum Gasteiger partial charge on any atom is 0.291 e. The predicted molar refractivity (Wildman–Crippen MR) is 67.5 cm³/mol. The molecule has 0 radical (unpaired) electrons. The highest BCUT2D eigenvalue weighted by Crippen LogP contribution is 2.16. The van der Waals surface area contributed by atoms with E-state index in [1.54, 1.807) is 0 Å². The lowest BCUT2D eigenvalue weighted by Crippen LogP contribution is -2.13. The Labute approximate surface area is 106 Å². The highest BCUT2D eigenvalue weighted by atomic mass is 35.5. The molecule has 0 saturated heterocycles. The molecule has 2 N–H and O–H groups in total. The number of nitrogens with one attached hydrogen (secondary N) is 1.